The summed E-state index contributed by atoms with van der Waals surface area (Å²) in [7, 11) is 1.32. The maximum atomic E-state index is 12.4. The second-order valence-electron chi connectivity index (χ2n) is 6.42. The summed E-state index contributed by atoms with van der Waals surface area (Å²) in [5.41, 5.74) is 2.16. The molecule has 0 spiro atoms. The second-order valence-corrected chi connectivity index (χ2v) is 6.42. The number of rotatable bonds is 6. The fourth-order valence-corrected chi connectivity index (χ4v) is 2.89. The van der Waals surface area contributed by atoms with Crippen LogP contribution >= 0.6 is 0 Å². The van der Waals surface area contributed by atoms with E-state index < -0.39 is 12.1 Å². The summed E-state index contributed by atoms with van der Waals surface area (Å²) >= 11 is 0. The molecule has 0 bridgehead atoms. The van der Waals surface area contributed by atoms with Crippen molar-refractivity contribution in [2.45, 2.75) is 13.0 Å². The number of methoxy groups -OCH3 is 1. The molecule has 1 aliphatic rings. The third-order valence-electron chi connectivity index (χ3n) is 4.45. The quantitative estimate of drug-likeness (QED) is 0.772. The summed E-state index contributed by atoms with van der Waals surface area (Å²) in [4.78, 5) is 26.3. The lowest BCUT2D eigenvalue weighted by Crippen LogP contribution is -2.36. The van der Waals surface area contributed by atoms with Crippen LogP contribution in [0.2, 0.25) is 0 Å². The number of hydrogen-bond acceptors (Lipinski definition) is 6. The van der Waals surface area contributed by atoms with Crippen molar-refractivity contribution < 1.29 is 23.8 Å². The van der Waals surface area contributed by atoms with Crippen LogP contribution in [0.15, 0.2) is 48.5 Å². The zero-order valence-electron chi connectivity index (χ0n) is 16.0. The Bertz CT molecular complexity index is 816. The fourth-order valence-electron chi connectivity index (χ4n) is 2.89. The maximum absolute atomic E-state index is 12.4. The van der Waals surface area contributed by atoms with Crippen molar-refractivity contribution in [1.29, 1.82) is 0 Å². The molecular weight excluding hydrogens is 360 g/mol. The van der Waals surface area contributed by atoms with Crippen molar-refractivity contribution in [3.8, 4) is 5.75 Å². The van der Waals surface area contributed by atoms with Gasteiger partial charge in [0.25, 0.3) is 5.91 Å². The van der Waals surface area contributed by atoms with Crippen LogP contribution < -0.4 is 15.0 Å². The Morgan fingerprint density at radius 1 is 1.11 bits per heavy atom. The molecule has 7 heteroatoms. The predicted octanol–water partition coefficient (Wildman–Crippen LogP) is 2.72. The second kappa shape index (κ2) is 9.23. The van der Waals surface area contributed by atoms with Gasteiger partial charge in [0.1, 0.15) is 5.75 Å². The Morgan fingerprint density at radius 2 is 1.82 bits per heavy atom. The van der Waals surface area contributed by atoms with Gasteiger partial charge in [-0.3, -0.25) is 4.79 Å². The molecular formula is C21H24N2O5. The summed E-state index contributed by atoms with van der Waals surface area (Å²) in [6, 6.07) is 14.2. The molecule has 1 fully saturated rings. The van der Waals surface area contributed by atoms with E-state index in [1.54, 1.807) is 31.2 Å². The first-order chi connectivity index (χ1) is 13.6. The zero-order chi connectivity index (χ0) is 19.9. The van der Waals surface area contributed by atoms with Gasteiger partial charge in [-0.05, 0) is 49.4 Å². The number of nitrogens with one attached hydrogen (secondary N) is 1. The molecule has 0 saturated carbocycles. The molecule has 1 amide bonds. The molecule has 0 aliphatic carbocycles. The number of hydrogen-bond donors (Lipinski definition) is 1. The molecule has 2 aromatic carbocycles. The van der Waals surface area contributed by atoms with Gasteiger partial charge >= 0.3 is 5.97 Å². The molecule has 1 atom stereocenters. The molecule has 0 unspecified atom stereocenters. The van der Waals surface area contributed by atoms with E-state index in [2.05, 4.69) is 10.2 Å². The Labute approximate surface area is 164 Å². The molecule has 28 heavy (non-hydrogen) atoms. The Kier molecular flexibility index (Phi) is 6.49. The SMILES string of the molecule is COC(=O)c1cccc(O[C@@H](C)C(=O)Nc2ccc(N3CCOCC3)cc2)c1. The smallest absolute Gasteiger partial charge is 0.337 e. The molecule has 148 valence electrons. The van der Waals surface area contributed by atoms with Crippen LogP contribution in [-0.2, 0) is 14.3 Å². The van der Waals surface area contributed by atoms with Crippen LogP contribution in [0.1, 0.15) is 17.3 Å². The number of carbonyl (C=O) groups is 2. The van der Waals surface area contributed by atoms with Crippen molar-refractivity contribution in [1.82, 2.24) is 0 Å². The zero-order valence-corrected chi connectivity index (χ0v) is 16.0. The summed E-state index contributed by atoms with van der Waals surface area (Å²) in [6.45, 7) is 4.83. The lowest BCUT2D eigenvalue weighted by atomic mass is 10.2. The van der Waals surface area contributed by atoms with Crippen LogP contribution in [0.4, 0.5) is 11.4 Å². The summed E-state index contributed by atoms with van der Waals surface area (Å²) in [5, 5.41) is 2.84. The van der Waals surface area contributed by atoms with Crippen molar-refractivity contribution in [2.75, 3.05) is 43.6 Å². The van der Waals surface area contributed by atoms with E-state index in [1.165, 1.54) is 7.11 Å². The van der Waals surface area contributed by atoms with Crippen LogP contribution in [-0.4, -0.2) is 51.4 Å². The lowest BCUT2D eigenvalue weighted by Gasteiger charge is -2.29. The number of benzene rings is 2. The van der Waals surface area contributed by atoms with Gasteiger partial charge in [0, 0.05) is 24.5 Å². The first-order valence-electron chi connectivity index (χ1n) is 9.15. The van der Waals surface area contributed by atoms with Crippen molar-refractivity contribution in [3.63, 3.8) is 0 Å². The fraction of sp³-hybridized carbons (Fsp3) is 0.333. The van der Waals surface area contributed by atoms with Gasteiger partial charge in [-0.1, -0.05) is 6.07 Å². The Balaban J connectivity index is 1.57. The summed E-state index contributed by atoms with van der Waals surface area (Å²) < 4.78 is 15.7. The molecule has 7 nitrogen and oxygen atoms in total. The van der Waals surface area contributed by atoms with E-state index in [4.69, 9.17) is 14.2 Å². The van der Waals surface area contributed by atoms with E-state index >= 15 is 0 Å². The molecule has 3 rings (SSSR count). The van der Waals surface area contributed by atoms with Crippen molar-refractivity contribution in [3.05, 3.63) is 54.1 Å². The van der Waals surface area contributed by atoms with Crippen molar-refractivity contribution >= 4 is 23.3 Å². The monoisotopic (exact) mass is 384 g/mol. The van der Waals surface area contributed by atoms with Crippen LogP contribution in [0.5, 0.6) is 5.75 Å². The van der Waals surface area contributed by atoms with Crippen LogP contribution in [0, 0.1) is 0 Å². The molecule has 1 N–H and O–H groups in total. The summed E-state index contributed by atoms with van der Waals surface area (Å²) in [6.07, 6.45) is -0.730. The highest BCUT2D eigenvalue weighted by Crippen LogP contribution is 2.20. The van der Waals surface area contributed by atoms with Gasteiger partial charge < -0.3 is 24.4 Å². The largest absolute Gasteiger partial charge is 0.481 e. The van der Waals surface area contributed by atoms with Crippen molar-refractivity contribution in [2.24, 2.45) is 0 Å². The van der Waals surface area contributed by atoms with Gasteiger partial charge in [0.2, 0.25) is 0 Å². The third-order valence-corrected chi connectivity index (χ3v) is 4.45. The third kappa shape index (κ3) is 5.01. The first kappa shape index (κ1) is 19.7. The highest BCUT2D eigenvalue weighted by molar-refractivity contribution is 5.94. The number of amides is 1. The van der Waals surface area contributed by atoms with Crippen LogP contribution in [0.3, 0.4) is 0 Å². The Hall–Kier alpha value is -3.06. The number of morpholine rings is 1. The van der Waals surface area contributed by atoms with Gasteiger partial charge in [-0.25, -0.2) is 4.79 Å². The van der Waals surface area contributed by atoms with Gasteiger partial charge in [-0.15, -0.1) is 0 Å². The predicted molar refractivity (Wildman–Crippen MR) is 106 cm³/mol. The van der Waals surface area contributed by atoms with E-state index in [0.717, 1.165) is 32.0 Å². The maximum Gasteiger partial charge on any atom is 0.337 e. The minimum absolute atomic E-state index is 0.275. The number of ether oxygens (including phenoxy) is 3. The van der Waals surface area contributed by atoms with E-state index in [9.17, 15) is 9.59 Å². The molecule has 2 aromatic rings. The normalized spacial score (nSPS) is 14.9. The lowest BCUT2D eigenvalue weighted by molar-refractivity contribution is -0.122. The van der Waals surface area contributed by atoms with Gasteiger partial charge in [0.05, 0.1) is 25.9 Å². The molecule has 0 radical (unpaired) electrons. The van der Waals surface area contributed by atoms with Gasteiger partial charge in [0.15, 0.2) is 6.10 Å². The minimum atomic E-state index is -0.730. The average Bonchev–Trinajstić information content (AvgIpc) is 2.74. The van der Waals surface area contributed by atoms with Gasteiger partial charge in [-0.2, -0.15) is 0 Å². The highest BCUT2D eigenvalue weighted by atomic mass is 16.5. The molecule has 1 aliphatic heterocycles. The van der Waals surface area contributed by atoms with Crippen LogP contribution in [0.25, 0.3) is 0 Å². The first-order valence-corrected chi connectivity index (χ1v) is 9.15. The molecule has 1 heterocycles. The van der Waals surface area contributed by atoms with E-state index in [0.29, 0.717) is 17.0 Å². The van der Waals surface area contributed by atoms with E-state index in [1.807, 2.05) is 24.3 Å². The average molecular weight is 384 g/mol. The number of esters is 1. The topological polar surface area (TPSA) is 77.1 Å². The minimum Gasteiger partial charge on any atom is -0.481 e. The Morgan fingerprint density at radius 3 is 2.50 bits per heavy atom. The standard InChI is InChI=1S/C21H24N2O5/c1-15(28-19-5-3-4-16(14-19)21(25)26-2)20(24)22-17-6-8-18(9-7-17)23-10-12-27-13-11-23/h3-9,14-15H,10-13H2,1-2H3,(H,22,24)/t15-/m0/s1. The molecule has 1 saturated heterocycles. The number of nitrogens with zero attached hydrogens (tertiary/aromatic N) is 1. The van der Waals surface area contributed by atoms with E-state index in [-0.39, 0.29) is 5.91 Å². The highest BCUT2D eigenvalue weighted by Gasteiger charge is 2.17. The number of anilines is 2. The summed E-state index contributed by atoms with van der Waals surface area (Å²) in [5.74, 6) is -0.307. The number of carbonyl (C=O) groups excluding carboxylic acids is 2. The molecule has 0 aromatic heterocycles.